The van der Waals surface area contributed by atoms with E-state index >= 15 is 0 Å². The first-order valence-corrected chi connectivity index (χ1v) is 8.12. The Bertz CT molecular complexity index is 539. The molecule has 5 heteroatoms. The Hall–Kier alpha value is -1.20. The van der Waals surface area contributed by atoms with Gasteiger partial charge in [-0.1, -0.05) is 19.1 Å². The van der Waals surface area contributed by atoms with E-state index in [1.165, 1.54) is 0 Å². The van der Waals surface area contributed by atoms with Gasteiger partial charge in [0.15, 0.2) is 0 Å². The lowest BCUT2D eigenvalue weighted by Crippen LogP contribution is -2.23. The number of hydrogen-bond acceptors (Lipinski definition) is 3. The van der Waals surface area contributed by atoms with E-state index in [4.69, 9.17) is 0 Å². The highest BCUT2D eigenvalue weighted by Crippen LogP contribution is 2.31. The van der Waals surface area contributed by atoms with Crippen LogP contribution in [0.25, 0.3) is 0 Å². The minimum atomic E-state index is -3.37. The maximum absolute atomic E-state index is 11.8. The molecule has 104 valence electrons. The molecule has 1 aliphatic rings. The third-order valence-electron chi connectivity index (χ3n) is 3.54. The van der Waals surface area contributed by atoms with E-state index in [0.717, 1.165) is 18.4 Å². The molecule has 0 unspecified atom stereocenters. The van der Waals surface area contributed by atoms with Gasteiger partial charge in [-0.05, 0) is 36.5 Å². The van der Waals surface area contributed by atoms with Crippen LogP contribution in [0.1, 0.15) is 44.1 Å². The predicted molar refractivity (Wildman–Crippen MR) is 73.5 cm³/mol. The normalized spacial score (nSPS) is 17.6. The lowest BCUT2D eigenvalue weighted by Gasteiger charge is -2.21. The van der Waals surface area contributed by atoms with Crippen molar-refractivity contribution in [3.8, 4) is 0 Å². The standard InChI is InChI=1S/C14H19NO3S/c1-2-15-19(17,18)14-9-5-12(6-10-14)11-3-7-13(16)8-4-11/h5-6,9-11,15H,2-4,7-8H2,1H3. The summed E-state index contributed by atoms with van der Waals surface area (Å²) in [6.07, 6.45) is 3.03. The van der Waals surface area contributed by atoms with Crippen molar-refractivity contribution in [3.63, 3.8) is 0 Å². The monoisotopic (exact) mass is 281 g/mol. The Balaban J connectivity index is 2.12. The number of sulfonamides is 1. The van der Waals surface area contributed by atoms with E-state index in [1.54, 1.807) is 19.1 Å². The molecule has 0 atom stereocenters. The van der Waals surface area contributed by atoms with Gasteiger partial charge in [0.2, 0.25) is 10.0 Å². The number of rotatable bonds is 4. The van der Waals surface area contributed by atoms with E-state index in [-0.39, 0.29) is 0 Å². The van der Waals surface area contributed by atoms with Crippen LogP contribution in [0.5, 0.6) is 0 Å². The molecular weight excluding hydrogens is 262 g/mol. The molecule has 0 saturated heterocycles. The second-order valence-corrected chi connectivity index (χ2v) is 6.65. The summed E-state index contributed by atoms with van der Waals surface area (Å²) >= 11 is 0. The Morgan fingerprint density at radius 2 is 1.74 bits per heavy atom. The number of hydrogen-bond donors (Lipinski definition) is 1. The smallest absolute Gasteiger partial charge is 0.240 e. The Morgan fingerprint density at radius 1 is 1.16 bits per heavy atom. The lowest BCUT2D eigenvalue weighted by atomic mass is 9.83. The van der Waals surface area contributed by atoms with E-state index in [9.17, 15) is 13.2 Å². The second-order valence-electron chi connectivity index (χ2n) is 4.88. The molecule has 1 N–H and O–H groups in total. The largest absolute Gasteiger partial charge is 0.300 e. The van der Waals surface area contributed by atoms with Crippen molar-refractivity contribution in [2.75, 3.05) is 6.54 Å². The number of carbonyl (C=O) groups excluding carboxylic acids is 1. The molecule has 1 saturated carbocycles. The van der Waals surface area contributed by atoms with Crippen molar-refractivity contribution in [1.82, 2.24) is 4.72 Å². The molecule has 0 amide bonds. The number of nitrogens with one attached hydrogen (secondary N) is 1. The Morgan fingerprint density at radius 3 is 2.26 bits per heavy atom. The van der Waals surface area contributed by atoms with Crippen LogP contribution in [0.2, 0.25) is 0 Å². The number of benzene rings is 1. The molecule has 1 fully saturated rings. The van der Waals surface area contributed by atoms with Crippen LogP contribution in [-0.2, 0) is 14.8 Å². The zero-order valence-corrected chi connectivity index (χ0v) is 11.9. The average Bonchev–Trinajstić information content (AvgIpc) is 2.40. The topological polar surface area (TPSA) is 63.2 Å². The zero-order chi connectivity index (χ0) is 13.9. The molecule has 0 bridgehead atoms. The first-order chi connectivity index (χ1) is 9.03. The number of ketones is 1. The van der Waals surface area contributed by atoms with Gasteiger partial charge in [0.1, 0.15) is 5.78 Å². The second kappa shape index (κ2) is 5.84. The highest BCUT2D eigenvalue weighted by Gasteiger charge is 2.20. The van der Waals surface area contributed by atoms with Gasteiger partial charge in [-0.25, -0.2) is 13.1 Å². The van der Waals surface area contributed by atoms with Crippen LogP contribution >= 0.6 is 0 Å². The van der Waals surface area contributed by atoms with Crippen molar-refractivity contribution in [2.24, 2.45) is 0 Å². The fourth-order valence-electron chi connectivity index (χ4n) is 2.47. The minimum Gasteiger partial charge on any atom is -0.300 e. The van der Waals surface area contributed by atoms with Gasteiger partial charge in [0.05, 0.1) is 4.90 Å². The molecule has 4 nitrogen and oxygen atoms in total. The minimum absolute atomic E-state index is 0.296. The van der Waals surface area contributed by atoms with Gasteiger partial charge in [-0.15, -0.1) is 0 Å². The summed E-state index contributed by atoms with van der Waals surface area (Å²) in [5.74, 6) is 0.719. The fourth-order valence-corrected chi connectivity index (χ4v) is 3.51. The zero-order valence-electron chi connectivity index (χ0n) is 11.1. The highest BCUT2D eigenvalue weighted by molar-refractivity contribution is 7.89. The molecule has 0 radical (unpaired) electrons. The molecule has 0 aliphatic heterocycles. The first kappa shape index (κ1) is 14.2. The Labute approximate surface area is 114 Å². The highest BCUT2D eigenvalue weighted by atomic mass is 32.2. The van der Waals surface area contributed by atoms with Crippen LogP contribution in [0, 0.1) is 0 Å². The molecule has 0 aromatic heterocycles. The van der Waals surface area contributed by atoms with Crippen LogP contribution in [0.4, 0.5) is 0 Å². The van der Waals surface area contributed by atoms with Crippen LogP contribution in [0.15, 0.2) is 29.2 Å². The van der Waals surface area contributed by atoms with Crippen LogP contribution in [-0.4, -0.2) is 20.7 Å². The third kappa shape index (κ3) is 3.42. The van der Waals surface area contributed by atoms with Gasteiger partial charge in [-0.3, -0.25) is 4.79 Å². The molecule has 1 aliphatic carbocycles. The maximum atomic E-state index is 11.8. The van der Waals surface area contributed by atoms with Crippen molar-refractivity contribution < 1.29 is 13.2 Å². The van der Waals surface area contributed by atoms with Gasteiger partial charge in [0.25, 0.3) is 0 Å². The third-order valence-corrected chi connectivity index (χ3v) is 5.10. The van der Waals surface area contributed by atoms with Crippen molar-refractivity contribution in [3.05, 3.63) is 29.8 Å². The summed E-state index contributed by atoms with van der Waals surface area (Å²) < 4.78 is 26.1. The predicted octanol–water partition coefficient (Wildman–Crippen LogP) is 2.21. The van der Waals surface area contributed by atoms with Crippen LogP contribution < -0.4 is 4.72 Å². The van der Waals surface area contributed by atoms with E-state index in [2.05, 4.69) is 4.72 Å². The summed E-state index contributed by atoms with van der Waals surface area (Å²) in [4.78, 5) is 11.5. The van der Waals surface area contributed by atoms with E-state index < -0.39 is 10.0 Å². The van der Waals surface area contributed by atoms with Gasteiger partial charge < -0.3 is 0 Å². The summed E-state index contributed by atoms with van der Waals surface area (Å²) in [6.45, 7) is 2.14. The van der Waals surface area contributed by atoms with Crippen LogP contribution in [0.3, 0.4) is 0 Å². The molecular formula is C14H19NO3S. The lowest BCUT2D eigenvalue weighted by molar-refractivity contribution is -0.120. The molecule has 1 aromatic rings. The van der Waals surface area contributed by atoms with Gasteiger partial charge in [0, 0.05) is 19.4 Å². The maximum Gasteiger partial charge on any atom is 0.240 e. The number of carbonyl (C=O) groups is 1. The molecule has 19 heavy (non-hydrogen) atoms. The van der Waals surface area contributed by atoms with Gasteiger partial charge >= 0.3 is 0 Å². The van der Waals surface area contributed by atoms with E-state index in [0.29, 0.717) is 36.0 Å². The quantitative estimate of drug-likeness (QED) is 0.920. The summed E-state index contributed by atoms with van der Waals surface area (Å²) in [6, 6.07) is 7.02. The molecule has 0 spiro atoms. The molecule has 0 heterocycles. The van der Waals surface area contributed by atoms with E-state index in [1.807, 2.05) is 12.1 Å². The number of Topliss-reactive ketones (excluding diaryl/α,β-unsaturated/α-hetero) is 1. The summed E-state index contributed by atoms with van der Waals surface area (Å²) in [5.41, 5.74) is 1.13. The Kier molecular flexibility index (Phi) is 4.37. The first-order valence-electron chi connectivity index (χ1n) is 6.64. The van der Waals surface area contributed by atoms with Gasteiger partial charge in [-0.2, -0.15) is 0 Å². The summed E-state index contributed by atoms with van der Waals surface area (Å²) in [7, 11) is -3.37. The SMILES string of the molecule is CCNS(=O)(=O)c1ccc(C2CCC(=O)CC2)cc1. The van der Waals surface area contributed by atoms with Crippen molar-refractivity contribution in [2.45, 2.75) is 43.4 Å². The fraction of sp³-hybridized carbons (Fsp3) is 0.500. The summed E-state index contributed by atoms with van der Waals surface area (Å²) in [5, 5.41) is 0. The average molecular weight is 281 g/mol. The molecule has 2 rings (SSSR count). The van der Waals surface area contributed by atoms with Crippen molar-refractivity contribution in [1.29, 1.82) is 0 Å². The van der Waals surface area contributed by atoms with Crippen molar-refractivity contribution >= 4 is 15.8 Å². The molecule has 1 aromatic carbocycles.